The summed E-state index contributed by atoms with van der Waals surface area (Å²) >= 11 is 1.73. The van der Waals surface area contributed by atoms with Crippen molar-refractivity contribution in [3.63, 3.8) is 0 Å². The van der Waals surface area contributed by atoms with Crippen LogP contribution in [0.15, 0.2) is 41.8 Å². The highest BCUT2D eigenvalue weighted by atomic mass is 32.1. The third-order valence-corrected chi connectivity index (χ3v) is 4.79. The molecule has 1 aromatic heterocycles. The van der Waals surface area contributed by atoms with Crippen LogP contribution in [-0.2, 0) is 24.2 Å². The van der Waals surface area contributed by atoms with Crippen molar-refractivity contribution >= 4 is 17.3 Å². The lowest BCUT2D eigenvalue weighted by Crippen LogP contribution is -2.46. The van der Waals surface area contributed by atoms with E-state index in [0.717, 1.165) is 19.5 Å². The van der Waals surface area contributed by atoms with Crippen LogP contribution in [0.1, 0.15) is 16.0 Å². The SMILES string of the molecule is O=C(O)[C@@H]1Cc2ccccc2CN1CCc1cccs1. The number of aliphatic carboxylic acids is 1. The third kappa shape index (κ3) is 2.76. The van der Waals surface area contributed by atoms with E-state index < -0.39 is 12.0 Å². The summed E-state index contributed by atoms with van der Waals surface area (Å²) in [6, 6.07) is 11.9. The average Bonchev–Trinajstić information content (AvgIpc) is 2.97. The van der Waals surface area contributed by atoms with E-state index in [2.05, 4.69) is 22.4 Å². The molecule has 1 N–H and O–H groups in total. The maximum absolute atomic E-state index is 11.5. The van der Waals surface area contributed by atoms with Gasteiger partial charge in [-0.15, -0.1) is 11.3 Å². The molecule has 0 spiro atoms. The highest BCUT2D eigenvalue weighted by Gasteiger charge is 2.30. The highest BCUT2D eigenvalue weighted by Crippen LogP contribution is 2.24. The number of carboxylic acids is 1. The van der Waals surface area contributed by atoms with E-state index in [4.69, 9.17) is 0 Å². The van der Waals surface area contributed by atoms with Crippen molar-refractivity contribution in [3.05, 3.63) is 57.8 Å². The largest absolute Gasteiger partial charge is 0.480 e. The number of thiophene rings is 1. The molecule has 2 heterocycles. The van der Waals surface area contributed by atoms with Crippen molar-refractivity contribution in [1.29, 1.82) is 0 Å². The van der Waals surface area contributed by atoms with Crippen LogP contribution in [0.3, 0.4) is 0 Å². The molecule has 0 fully saturated rings. The first-order valence-corrected chi connectivity index (χ1v) is 7.68. The van der Waals surface area contributed by atoms with Gasteiger partial charge in [-0.1, -0.05) is 30.3 Å². The van der Waals surface area contributed by atoms with E-state index in [9.17, 15) is 9.90 Å². The second kappa shape index (κ2) is 5.77. The van der Waals surface area contributed by atoms with Crippen LogP contribution < -0.4 is 0 Å². The first-order chi connectivity index (χ1) is 9.74. The summed E-state index contributed by atoms with van der Waals surface area (Å²) in [7, 11) is 0. The van der Waals surface area contributed by atoms with Crippen molar-refractivity contribution in [2.24, 2.45) is 0 Å². The van der Waals surface area contributed by atoms with Gasteiger partial charge in [0.1, 0.15) is 6.04 Å². The summed E-state index contributed by atoms with van der Waals surface area (Å²) in [4.78, 5) is 14.9. The highest BCUT2D eigenvalue weighted by molar-refractivity contribution is 7.09. The Balaban J connectivity index is 1.76. The number of carbonyl (C=O) groups is 1. The van der Waals surface area contributed by atoms with Crippen molar-refractivity contribution in [2.45, 2.75) is 25.4 Å². The Morgan fingerprint density at radius 2 is 2.05 bits per heavy atom. The number of hydrogen-bond acceptors (Lipinski definition) is 3. The van der Waals surface area contributed by atoms with E-state index in [1.54, 1.807) is 11.3 Å². The van der Waals surface area contributed by atoms with Crippen LogP contribution in [0.5, 0.6) is 0 Å². The summed E-state index contributed by atoms with van der Waals surface area (Å²) in [5.41, 5.74) is 2.43. The molecule has 1 atom stereocenters. The van der Waals surface area contributed by atoms with Crippen LogP contribution in [0, 0.1) is 0 Å². The van der Waals surface area contributed by atoms with Gasteiger partial charge in [-0.2, -0.15) is 0 Å². The normalized spacial score (nSPS) is 18.7. The molecule has 104 valence electrons. The zero-order chi connectivity index (χ0) is 13.9. The van der Waals surface area contributed by atoms with Gasteiger partial charge in [-0.05, 0) is 35.4 Å². The van der Waals surface area contributed by atoms with Gasteiger partial charge in [0, 0.05) is 18.0 Å². The summed E-state index contributed by atoms with van der Waals surface area (Å²) < 4.78 is 0. The standard InChI is InChI=1S/C16H17NO2S/c18-16(19)15-10-12-4-1-2-5-13(12)11-17(15)8-7-14-6-3-9-20-14/h1-6,9,15H,7-8,10-11H2,(H,18,19)/t15-/m0/s1. The fraction of sp³-hybridized carbons (Fsp3) is 0.312. The molecule has 1 aliphatic rings. The van der Waals surface area contributed by atoms with Crippen LogP contribution >= 0.6 is 11.3 Å². The van der Waals surface area contributed by atoms with E-state index in [-0.39, 0.29) is 0 Å². The van der Waals surface area contributed by atoms with E-state index >= 15 is 0 Å². The number of hydrogen-bond donors (Lipinski definition) is 1. The monoisotopic (exact) mass is 287 g/mol. The molecule has 1 aromatic carbocycles. The minimum absolute atomic E-state index is 0.398. The maximum Gasteiger partial charge on any atom is 0.321 e. The second-order valence-electron chi connectivity index (χ2n) is 5.13. The minimum atomic E-state index is -0.717. The number of rotatable bonds is 4. The van der Waals surface area contributed by atoms with Crippen LogP contribution in [0.4, 0.5) is 0 Å². The minimum Gasteiger partial charge on any atom is -0.480 e. The topological polar surface area (TPSA) is 40.5 Å². The van der Waals surface area contributed by atoms with E-state index in [0.29, 0.717) is 6.42 Å². The number of carboxylic acid groups (broad SMARTS) is 1. The van der Waals surface area contributed by atoms with Crippen molar-refractivity contribution in [2.75, 3.05) is 6.54 Å². The van der Waals surface area contributed by atoms with E-state index in [1.165, 1.54) is 16.0 Å². The molecule has 2 aromatic rings. The predicted octanol–water partition coefficient (Wildman–Crippen LogP) is 2.80. The molecule has 0 saturated heterocycles. The summed E-state index contributed by atoms with van der Waals surface area (Å²) in [5.74, 6) is -0.717. The lowest BCUT2D eigenvalue weighted by molar-refractivity contribution is -0.143. The third-order valence-electron chi connectivity index (χ3n) is 3.86. The van der Waals surface area contributed by atoms with Crippen molar-refractivity contribution in [3.8, 4) is 0 Å². The Hall–Kier alpha value is -1.65. The van der Waals surface area contributed by atoms with Gasteiger partial charge in [0.05, 0.1) is 0 Å². The Morgan fingerprint density at radius 3 is 2.75 bits per heavy atom. The number of fused-ring (bicyclic) bond motifs is 1. The molecule has 1 aliphatic heterocycles. The Bertz CT molecular complexity index is 594. The van der Waals surface area contributed by atoms with Crippen molar-refractivity contribution < 1.29 is 9.90 Å². The molecule has 0 radical (unpaired) electrons. The van der Waals surface area contributed by atoms with Gasteiger partial charge in [-0.25, -0.2) is 0 Å². The quantitative estimate of drug-likeness (QED) is 0.940. The van der Waals surface area contributed by atoms with Crippen molar-refractivity contribution in [1.82, 2.24) is 4.90 Å². The Morgan fingerprint density at radius 1 is 1.25 bits per heavy atom. The molecule has 20 heavy (non-hydrogen) atoms. The summed E-state index contributed by atoms with van der Waals surface area (Å²) in [6.45, 7) is 1.53. The van der Waals surface area contributed by atoms with Crippen LogP contribution in [-0.4, -0.2) is 28.6 Å². The molecule has 0 bridgehead atoms. The lowest BCUT2D eigenvalue weighted by Gasteiger charge is -2.34. The van der Waals surface area contributed by atoms with Gasteiger partial charge in [0.15, 0.2) is 0 Å². The smallest absolute Gasteiger partial charge is 0.321 e. The number of benzene rings is 1. The first-order valence-electron chi connectivity index (χ1n) is 6.80. The molecule has 0 aliphatic carbocycles. The van der Waals surface area contributed by atoms with Gasteiger partial charge in [0.2, 0.25) is 0 Å². The van der Waals surface area contributed by atoms with E-state index in [1.807, 2.05) is 24.3 Å². The molecular formula is C16H17NO2S. The molecule has 0 amide bonds. The lowest BCUT2D eigenvalue weighted by atomic mass is 9.94. The number of nitrogens with zero attached hydrogens (tertiary/aromatic N) is 1. The van der Waals surface area contributed by atoms with Crippen LogP contribution in [0.2, 0.25) is 0 Å². The van der Waals surface area contributed by atoms with Gasteiger partial charge >= 0.3 is 5.97 Å². The predicted molar refractivity (Wildman–Crippen MR) is 80.0 cm³/mol. The fourth-order valence-electron chi connectivity index (χ4n) is 2.76. The van der Waals surface area contributed by atoms with Gasteiger partial charge in [0.25, 0.3) is 0 Å². The van der Waals surface area contributed by atoms with Gasteiger partial charge in [-0.3, -0.25) is 9.69 Å². The molecule has 4 heteroatoms. The second-order valence-corrected chi connectivity index (χ2v) is 6.16. The molecular weight excluding hydrogens is 270 g/mol. The summed E-state index contributed by atoms with van der Waals surface area (Å²) in [5, 5.41) is 11.5. The summed E-state index contributed by atoms with van der Waals surface area (Å²) in [6.07, 6.45) is 1.53. The Labute approximate surface area is 122 Å². The first kappa shape index (κ1) is 13.3. The Kier molecular flexibility index (Phi) is 3.85. The molecule has 3 rings (SSSR count). The average molecular weight is 287 g/mol. The molecule has 3 nitrogen and oxygen atoms in total. The zero-order valence-electron chi connectivity index (χ0n) is 11.2. The zero-order valence-corrected chi connectivity index (χ0v) is 12.0. The maximum atomic E-state index is 11.5. The van der Waals surface area contributed by atoms with Crippen LogP contribution in [0.25, 0.3) is 0 Å². The molecule has 0 saturated carbocycles. The van der Waals surface area contributed by atoms with Gasteiger partial charge < -0.3 is 5.11 Å². The molecule has 0 unspecified atom stereocenters. The fourth-order valence-corrected chi connectivity index (χ4v) is 3.46.